The summed E-state index contributed by atoms with van der Waals surface area (Å²) >= 11 is 0. The number of benzene rings is 3. The zero-order valence-corrected chi connectivity index (χ0v) is 19.2. The Morgan fingerprint density at radius 3 is 2.50 bits per heavy atom. The second-order valence-electron chi connectivity index (χ2n) is 8.19. The molecule has 1 N–H and O–H groups in total. The topological polar surface area (TPSA) is 98.5 Å². The van der Waals surface area contributed by atoms with Crippen molar-refractivity contribution < 1.29 is 22.5 Å². The van der Waals surface area contributed by atoms with E-state index in [9.17, 15) is 13.2 Å². The molecule has 1 unspecified atom stereocenters. The predicted molar refractivity (Wildman–Crippen MR) is 127 cm³/mol. The predicted octanol–water partition coefficient (Wildman–Crippen LogP) is 4.15. The first-order valence-corrected chi connectivity index (χ1v) is 12.7. The Labute approximate surface area is 197 Å². The fraction of sp³-hybridized carbons (Fsp3) is 0.154. The molecule has 1 amide bonds. The number of aromatic nitrogens is 1. The van der Waals surface area contributed by atoms with Crippen LogP contribution >= 0.6 is 0 Å². The van der Waals surface area contributed by atoms with E-state index in [2.05, 4.69) is 10.5 Å². The van der Waals surface area contributed by atoms with Crippen LogP contribution in [0.2, 0.25) is 0 Å². The van der Waals surface area contributed by atoms with Gasteiger partial charge in [0, 0.05) is 29.9 Å². The van der Waals surface area contributed by atoms with Crippen molar-refractivity contribution >= 4 is 15.7 Å². The summed E-state index contributed by atoms with van der Waals surface area (Å²) < 4.78 is 34.9. The molecule has 0 saturated heterocycles. The molecule has 0 fully saturated rings. The first kappa shape index (κ1) is 21.9. The average Bonchev–Trinajstić information content (AvgIpc) is 3.50. The van der Waals surface area contributed by atoms with Crippen molar-refractivity contribution in [3.63, 3.8) is 0 Å². The van der Waals surface area contributed by atoms with Gasteiger partial charge in [0.2, 0.25) is 5.76 Å². The Hall–Kier alpha value is -3.91. The minimum atomic E-state index is -3.26. The van der Waals surface area contributed by atoms with Gasteiger partial charge in [-0.15, -0.1) is 0 Å². The fourth-order valence-electron chi connectivity index (χ4n) is 3.98. The summed E-state index contributed by atoms with van der Waals surface area (Å²) in [4.78, 5) is 12.8. The second kappa shape index (κ2) is 8.79. The lowest BCUT2D eigenvalue weighted by Crippen LogP contribution is -2.34. The van der Waals surface area contributed by atoms with Crippen molar-refractivity contribution in [2.75, 3.05) is 12.8 Å². The Morgan fingerprint density at radius 2 is 1.76 bits per heavy atom. The van der Waals surface area contributed by atoms with Crippen LogP contribution in [0.5, 0.6) is 5.75 Å². The smallest absolute Gasteiger partial charge is 0.290 e. The second-order valence-corrected chi connectivity index (χ2v) is 10.2. The number of carbonyl (C=O) groups excluding carboxylic acids is 1. The molecule has 0 bridgehead atoms. The molecule has 172 valence electrons. The van der Waals surface area contributed by atoms with Gasteiger partial charge in [-0.3, -0.25) is 4.79 Å². The third-order valence-electron chi connectivity index (χ3n) is 5.72. The summed E-state index contributed by atoms with van der Waals surface area (Å²) in [5.41, 5.74) is 4.26. The van der Waals surface area contributed by atoms with Gasteiger partial charge in [-0.2, -0.15) is 0 Å². The number of rotatable bonds is 6. The molecule has 2 heterocycles. The van der Waals surface area contributed by atoms with E-state index in [1.807, 2.05) is 48.5 Å². The van der Waals surface area contributed by atoms with Crippen LogP contribution in [0.15, 0.2) is 88.3 Å². The number of nitrogens with zero attached hydrogens (tertiary/aromatic N) is 1. The van der Waals surface area contributed by atoms with Crippen LogP contribution in [0.4, 0.5) is 0 Å². The number of nitrogens with one attached hydrogen (secondary N) is 1. The summed E-state index contributed by atoms with van der Waals surface area (Å²) in [6.45, 7) is 0.307. The molecule has 8 heteroatoms. The van der Waals surface area contributed by atoms with E-state index in [4.69, 9.17) is 9.26 Å². The van der Waals surface area contributed by atoms with Crippen molar-refractivity contribution in [2.24, 2.45) is 0 Å². The van der Waals surface area contributed by atoms with Gasteiger partial charge in [0.15, 0.2) is 9.84 Å². The molecule has 0 aliphatic carbocycles. The highest BCUT2D eigenvalue weighted by Crippen LogP contribution is 2.39. The molecule has 34 heavy (non-hydrogen) atoms. The maximum atomic E-state index is 12.6. The van der Waals surface area contributed by atoms with E-state index in [-0.39, 0.29) is 22.7 Å². The van der Waals surface area contributed by atoms with E-state index in [1.165, 1.54) is 6.26 Å². The summed E-state index contributed by atoms with van der Waals surface area (Å²) in [5, 5.41) is 6.84. The number of sulfone groups is 1. The van der Waals surface area contributed by atoms with Crippen molar-refractivity contribution in [3.8, 4) is 28.1 Å². The molecule has 4 aromatic rings. The Balaban J connectivity index is 1.25. The molecular weight excluding hydrogens is 452 g/mol. The fourth-order valence-corrected chi connectivity index (χ4v) is 4.61. The molecule has 0 saturated carbocycles. The minimum absolute atomic E-state index is 0.140. The van der Waals surface area contributed by atoms with E-state index in [0.717, 1.165) is 28.0 Å². The minimum Gasteiger partial charge on any atom is -0.487 e. The van der Waals surface area contributed by atoms with Gasteiger partial charge in [0.05, 0.1) is 11.4 Å². The molecule has 1 aliphatic heterocycles. The number of fused-ring (bicyclic) bond motifs is 1. The third-order valence-corrected chi connectivity index (χ3v) is 6.84. The quantitative estimate of drug-likeness (QED) is 0.451. The van der Waals surface area contributed by atoms with Crippen LogP contribution in [0.3, 0.4) is 0 Å². The van der Waals surface area contributed by atoms with Gasteiger partial charge in [-0.1, -0.05) is 65.8 Å². The van der Waals surface area contributed by atoms with Crippen LogP contribution in [-0.4, -0.2) is 38.4 Å². The number of hydrogen-bond acceptors (Lipinski definition) is 6. The summed E-state index contributed by atoms with van der Waals surface area (Å²) in [7, 11) is -3.26. The highest BCUT2D eigenvalue weighted by atomic mass is 32.2. The zero-order valence-electron chi connectivity index (χ0n) is 18.4. The summed E-state index contributed by atoms with van der Waals surface area (Å²) in [6.07, 6.45) is 1.61. The van der Waals surface area contributed by atoms with Crippen LogP contribution in [-0.2, 0) is 16.3 Å². The standard InChI is InChI=1S/C26H22N2O5S/c1-34(30,31)21-12-10-17(11-13-21)22-9-5-8-19-14-20(32-25(19)22)16-27-26(29)24-15-23(28-33-24)18-6-3-2-4-7-18/h2-13,15,20H,14,16H2,1H3,(H,27,29). The van der Waals surface area contributed by atoms with Gasteiger partial charge in [-0.25, -0.2) is 8.42 Å². The lowest BCUT2D eigenvalue weighted by atomic mass is 10.0. The lowest BCUT2D eigenvalue weighted by Gasteiger charge is -2.13. The Morgan fingerprint density at radius 1 is 1.00 bits per heavy atom. The largest absolute Gasteiger partial charge is 0.487 e. The van der Waals surface area contributed by atoms with Crippen LogP contribution in [0, 0.1) is 0 Å². The molecule has 1 aliphatic rings. The molecule has 3 aromatic carbocycles. The summed E-state index contributed by atoms with van der Waals surface area (Å²) in [5.74, 6) is 0.534. The molecule has 0 radical (unpaired) electrons. The van der Waals surface area contributed by atoms with Gasteiger partial charge in [0.1, 0.15) is 17.5 Å². The van der Waals surface area contributed by atoms with Gasteiger partial charge in [0.25, 0.3) is 5.91 Å². The molecule has 5 rings (SSSR count). The van der Waals surface area contributed by atoms with Crippen molar-refractivity contribution in [1.82, 2.24) is 10.5 Å². The van der Waals surface area contributed by atoms with Gasteiger partial charge >= 0.3 is 0 Å². The SMILES string of the molecule is CS(=O)(=O)c1ccc(-c2cccc3c2OC(CNC(=O)c2cc(-c4ccccc4)no2)C3)cc1. The van der Waals surface area contributed by atoms with Crippen LogP contribution in [0.25, 0.3) is 22.4 Å². The van der Waals surface area contributed by atoms with Gasteiger partial charge in [-0.05, 0) is 23.3 Å². The number of amides is 1. The first-order chi connectivity index (χ1) is 16.4. The Bertz CT molecular complexity index is 1440. The number of para-hydroxylation sites is 1. The van der Waals surface area contributed by atoms with E-state index < -0.39 is 9.84 Å². The molecule has 1 atom stereocenters. The first-order valence-electron chi connectivity index (χ1n) is 10.8. The van der Waals surface area contributed by atoms with Crippen molar-refractivity contribution in [1.29, 1.82) is 0 Å². The van der Waals surface area contributed by atoms with Crippen molar-refractivity contribution in [3.05, 3.63) is 90.2 Å². The zero-order chi connectivity index (χ0) is 23.7. The molecule has 7 nitrogen and oxygen atoms in total. The summed E-state index contributed by atoms with van der Waals surface area (Å²) in [6, 6.07) is 23.7. The third kappa shape index (κ3) is 4.45. The number of carbonyl (C=O) groups is 1. The lowest BCUT2D eigenvalue weighted by molar-refractivity contribution is 0.0897. The van der Waals surface area contributed by atoms with Gasteiger partial charge < -0.3 is 14.6 Å². The van der Waals surface area contributed by atoms with E-state index >= 15 is 0 Å². The monoisotopic (exact) mass is 474 g/mol. The molecule has 1 aromatic heterocycles. The van der Waals surface area contributed by atoms with E-state index in [0.29, 0.717) is 18.7 Å². The van der Waals surface area contributed by atoms with Crippen LogP contribution < -0.4 is 10.1 Å². The van der Waals surface area contributed by atoms with E-state index in [1.54, 1.807) is 30.3 Å². The highest BCUT2D eigenvalue weighted by Gasteiger charge is 2.27. The highest BCUT2D eigenvalue weighted by molar-refractivity contribution is 7.90. The molecular formula is C26H22N2O5S. The maximum Gasteiger partial charge on any atom is 0.290 e. The Kier molecular flexibility index (Phi) is 5.67. The number of hydrogen-bond donors (Lipinski definition) is 1. The average molecular weight is 475 g/mol. The van der Waals surface area contributed by atoms with Crippen LogP contribution in [0.1, 0.15) is 16.1 Å². The number of ether oxygens (including phenoxy) is 1. The normalized spacial score (nSPS) is 14.9. The maximum absolute atomic E-state index is 12.6. The van der Waals surface area contributed by atoms with Crippen molar-refractivity contribution in [2.45, 2.75) is 17.4 Å². The molecule has 0 spiro atoms.